The van der Waals surface area contributed by atoms with E-state index < -0.39 is 35.0 Å². The number of hydrogen-bond donors (Lipinski definition) is 5. The van der Waals surface area contributed by atoms with E-state index in [9.17, 15) is 39.9 Å². The number of allylic oxidation sites excluding steroid dienone is 4. The van der Waals surface area contributed by atoms with Gasteiger partial charge in [0.2, 0.25) is 0 Å². The van der Waals surface area contributed by atoms with Crippen LogP contribution in [0.3, 0.4) is 0 Å². The molecule has 2 aromatic carbocycles. The van der Waals surface area contributed by atoms with Crippen molar-refractivity contribution in [1.82, 2.24) is 0 Å². The Kier molecular flexibility index (Phi) is 8.01. The number of phenolic OH excluding ortho intramolecular Hbond substituents is 1. The van der Waals surface area contributed by atoms with Gasteiger partial charge in [0.25, 0.3) is 0 Å². The number of rotatable bonds is 9. The van der Waals surface area contributed by atoms with Gasteiger partial charge in [-0.15, -0.1) is 0 Å². The summed E-state index contributed by atoms with van der Waals surface area (Å²) in [6, 6.07) is 4.20. The molecule has 0 bridgehead atoms. The molecule has 0 fully saturated rings. The van der Waals surface area contributed by atoms with E-state index in [0.29, 0.717) is 0 Å². The van der Waals surface area contributed by atoms with Gasteiger partial charge in [-0.05, 0) is 69.9 Å². The van der Waals surface area contributed by atoms with Gasteiger partial charge < -0.3 is 25.5 Å². The molecule has 0 aliphatic carbocycles. The Morgan fingerprint density at radius 2 is 1.39 bits per heavy atom. The lowest BCUT2D eigenvalue weighted by molar-refractivity contribution is 0.0681. The van der Waals surface area contributed by atoms with Crippen LogP contribution < -0.4 is 0 Å². The topological polar surface area (TPSA) is 152 Å². The highest BCUT2D eigenvalue weighted by atomic mass is 16.4. The molecule has 0 aromatic heterocycles. The van der Waals surface area contributed by atoms with Gasteiger partial charge in [-0.3, -0.25) is 0 Å². The van der Waals surface area contributed by atoms with Crippen molar-refractivity contribution >= 4 is 17.9 Å². The van der Waals surface area contributed by atoms with Crippen LogP contribution in [0.15, 0.2) is 47.6 Å². The first-order chi connectivity index (χ1) is 15.4. The van der Waals surface area contributed by atoms with Crippen molar-refractivity contribution in [2.45, 2.75) is 40.0 Å². The largest absolute Gasteiger partial charge is 0.507 e. The molecule has 8 heteroatoms. The van der Waals surface area contributed by atoms with Gasteiger partial charge in [0.05, 0.1) is 11.1 Å². The third kappa shape index (κ3) is 6.22. The van der Waals surface area contributed by atoms with E-state index in [1.807, 2.05) is 20.8 Å². The summed E-state index contributed by atoms with van der Waals surface area (Å²) in [4.78, 5) is 34.8. The molecule has 8 nitrogen and oxygen atoms in total. The van der Waals surface area contributed by atoms with Crippen LogP contribution in [-0.4, -0.2) is 43.4 Å². The fraction of sp³-hybridized carbons (Fsp3) is 0.240. The summed E-state index contributed by atoms with van der Waals surface area (Å²) in [5.74, 6) is -5.38. The van der Waals surface area contributed by atoms with E-state index in [2.05, 4.69) is 6.08 Å². The van der Waals surface area contributed by atoms with Crippen LogP contribution in [0, 0.1) is 0 Å². The second-order valence-corrected chi connectivity index (χ2v) is 7.93. The van der Waals surface area contributed by atoms with Crippen molar-refractivity contribution in [2.75, 3.05) is 0 Å². The SMILES string of the molecule is CC(C)=CCCC(C)=CCc1c(O)cc(-c2cc(C(=O)O)cc(C(=O)O)c2)c(C(=O)O)c1O. The Bertz CT molecular complexity index is 1140. The predicted molar refractivity (Wildman–Crippen MR) is 122 cm³/mol. The molecule has 2 aromatic rings. The van der Waals surface area contributed by atoms with Crippen LogP contribution in [0.2, 0.25) is 0 Å². The number of carboxylic acid groups (broad SMARTS) is 3. The molecule has 0 aliphatic heterocycles. The van der Waals surface area contributed by atoms with E-state index in [1.54, 1.807) is 6.08 Å². The molecule has 0 heterocycles. The second-order valence-electron chi connectivity index (χ2n) is 7.93. The number of aromatic hydroxyl groups is 2. The summed E-state index contributed by atoms with van der Waals surface area (Å²) in [5.41, 5.74) is 0.609. The lowest BCUT2D eigenvalue weighted by atomic mass is 9.92. The van der Waals surface area contributed by atoms with E-state index in [-0.39, 0.29) is 34.2 Å². The summed E-state index contributed by atoms with van der Waals surface area (Å²) in [6.45, 7) is 5.88. The highest BCUT2D eigenvalue weighted by molar-refractivity contribution is 6.02. The average molecular weight is 454 g/mol. The van der Waals surface area contributed by atoms with Gasteiger partial charge in [0.15, 0.2) is 0 Å². The van der Waals surface area contributed by atoms with Crippen molar-refractivity contribution in [2.24, 2.45) is 0 Å². The number of phenols is 2. The van der Waals surface area contributed by atoms with Crippen molar-refractivity contribution < 1.29 is 39.9 Å². The first kappa shape index (κ1) is 25.2. The van der Waals surface area contributed by atoms with Crippen molar-refractivity contribution in [1.29, 1.82) is 0 Å². The zero-order valence-corrected chi connectivity index (χ0v) is 18.5. The molecular formula is C25H26O8. The second kappa shape index (κ2) is 10.5. The number of carbonyl (C=O) groups is 3. The van der Waals surface area contributed by atoms with Gasteiger partial charge in [-0.1, -0.05) is 23.3 Å². The van der Waals surface area contributed by atoms with Crippen LogP contribution in [-0.2, 0) is 6.42 Å². The highest BCUT2D eigenvalue weighted by Gasteiger charge is 2.24. The maximum absolute atomic E-state index is 12.0. The number of carboxylic acids is 3. The Balaban J connectivity index is 2.58. The minimum absolute atomic E-state index is 0.00515. The van der Waals surface area contributed by atoms with Gasteiger partial charge in [0, 0.05) is 11.1 Å². The van der Waals surface area contributed by atoms with Gasteiger partial charge >= 0.3 is 17.9 Å². The third-order valence-electron chi connectivity index (χ3n) is 5.08. The van der Waals surface area contributed by atoms with Crippen LogP contribution in [0.5, 0.6) is 11.5 Å². The summed E-state index contributed by atoms with van der Waals surface area (Å²) in [6.07, 6.45) is 5.53. The monoisotopic (exact) mass is 454 g/mol. The van der Waals surface area contributed by atoms with Crippen LogP contribution in [0.25, 0.3) is 11.1 Å². The van der Waals surface area contributed by atoms with Crippen molar-refractivity contribution in [3.05, 3.63) is 69.8 Å². The molecular weight excluding hydrogens is 428 g/mol. The molecule has 174 valence electrons. The Morgan fingerprint density at radius 1 is 0.818 bits per heavy atom. The van der Waals surface area contributed by atoms with Gasteiger partial charge in [-0.25, -0.2) is 14.4 Å². The van der Waals surface area contributed by atoms with Crippen LogP contribution in [0.4, 0.5) is 0 Å². The van der Waals surface area contributed by atoms with Crippen LogP contribution in [0.1, 0.15) is 70.3 Å². The number of hydrogen-bond acceptors (Lipinski definition) is 5. The average Bonchev–Trinajstić information content (AvgIpc) is 2.72. The molecule has 2 rings (SSSR count). The molecule has 0 saturated heterocycles. The quantitative estimate of drug-likeness (QED) is 0.328. The number of benzene rings is 2. The fourth-order valence-electron chi connectivity index (χ4n) is 3.34. The number of aromatic carboxylic acids is 3. The summed E-state index contributed by atoms with van der Waals surface area (Å²) in [7, 11) is 0. The normalized spacial score (nSPS) is 11.2. The summed E-state index contributed by atoms with van der Waals surface area (Å²) >= 11 is 0. The van der Waals surface area contributed by atoms with Crippen molar-refractivity contribution in [3.8, 4) is 22.6 Å². The lowest BCUT2D eigenvalue weighted by Gasteiger charge is -2.15. The first-order valence-corrected chi connectivity index (χ1v) is 10.1. The molecule has 0 atom stereocenters. The Hall–Kier alpha value is -4.07. The van der Waals surface area contributed by atoms with E-state index in [4.69, 9.17) is 0 Å². The van der Waals surface area contributed by atoms with Gasteiger partial charge in [-0.2, -0.15) is 0 Å². The lowest BCUT2D eigenvalue weighted by Crippen LogP contribution is -2.06. The maximum atomic E-state index is 12.0. The zero-order valence-electron chi connectivity index (χ0n) is 18.5. The highest BCUT2D eigenvalue weighted by Crippen LogP contribution is 2.40. The maximum Gasteiger partial charge on any atom is 0.340 e. The fourth-order valence-corrected chi connectivity index (χ4v) is 3.34. The predicted octanol–water partition coefficient (Wildman–Crippen LogP) is 5.09. The minimum atomic E-state index is -1.51. The smallest absolute Gasteiger partial charge is 0.340 e. The molecule has 0 spiro atoms. The summed E-state index contributed by atoms with van der Waals surface area (Å²) in [5, 5.41) is 49.5. The zero-order chi connectivity index (χ0) is 24.9. The minimum Gasteiger partial charge on any atom is -0.507 e. The third-order valence-corrected chi connectivity index (χ3v) is 5.08. The molecule has 33 heavy (non-hydrogen) atoms. The molecule has 0 saturated carbocycles. The molecule has 0 amide bonds. The first-order valence-electron chi connectivity index (χ1n) is 10.1. The Labute approximate surface area is 190 Å². The van der Waals surface area contributed by atoms with E-state index in [0.717, 1.165) is 42.7 Å². The van der Waals surface area contributed by atoms with E-state index in [1.165, 1.54) is 5.57 Å². The molecule has 0 radical (unpaired) electrons. The van der Waals surface area contributed by atoms with Gasteiger partial charge in [0.1, 0.15) is 17.1 Å². The Morgan fingerprint density at radius 3 is 1.88 bits per heavy atom. The summed E-state index contributed by atoms with van der Waals surface area (Å²) < 4.78 is 0. The molecule has 0 aliphatic rings. The molecule has 0 unspecified atom stereocenters. The van der Waals surface area contributed by atoms with E-state index >= 15 is 0 Å². The van der Waals surface area contributed by atoms with Crippen molar-refractivity contribution in [3.63, 3.8) is 0 Å². The molecule has 5 N–H and O–H groups in total. The standard InChI is InChI=1S/C25H26O8/c1-13(2)5-4-6-14(3)7-8-18-20(26)12-19(21(22(18)27)25(32)33)15-9-16(23(28)29)11-17(10-15)24(30)31/h5,7,9-12,26-27H,4,6,8H2,1-3H3,(H,28,29)(H,30,31)(H,32,33). The van der Waals surface area contributed by atoms with Crippen LogP contribution >= 0.6 is 0 Å².